The SMILES string of the molecule is FC1(F)CNCC2(CCO2)C1. The zero-order valence-electron chi connectivity index (χ0n) is 6.20. The molecule has 0 amide bonds. The van der Waals surface area contributed by atoms with Crippen LogP contribution in [0.25, 0.3) is 0 Å². The Bertz CT molecular complexity index is 168. The van der Waals surface area contributed by atoms with E-state index in [4.69, 9.17) is 4.74 Å². The van der Waals surface area contributed by atoms with E-state index < -0.39 is 11.5 Å². The lowest BCUT2D eigenvalue weighted by Gasteiger charge is -2.47. The van der Waals surface area contributed by atoms with E-state index in [1.165, 1.54) is 0 Å². The Morgan fingerprint density at radius 2 is 2.00 bits per heavy atom. The molecule has 4 heteroatoms. The van der Waals surface area contributed by atoms with Crippen LogP contribution in [-0.4, -0.2) is 31.2 Å². The highest BCUT2D eigenvalue weighted by molar-refractivity contribution is 4.98. The van der Waals surface area contributed by atoms with E-state index in [-0.39, 0.29) is 13.0 Å². The monoisotopic (exact) mass is 163 g/mol. The van der Waals surface area contributed by atoms with Gasteiger partial charge in [-0.3, -0.25) is 0 Å². The molecule has 0 aromatic carbocycles. The fourth-order valence-electron chi connectivity index (χ4n) is 1.74. The molecule has 0 radical (unpaired) electrons. The molecular formula is C7H11F2NO. The number of piperidine rings is 1. The lowest BCUT2D eigenvalue weighted by molar-refractivity contribution is -0.204. The summed E-state index contributed by atoms with van der Waals surface area (Å²) in [5.74, 6) is -2.57. The third kappa shape index (κ3) is 1.25. The van der Waals surface area contributed by atoms with Gasteiger partial charge in [0.1, 0.15) is 0 Å². The van der Waals surface area contributed by atoms with Gasteiger partial charge in [0.2, 0.25) is 0 Å². The third-order valence-corrected chi connectivity index (χ3v) is 2.38. The van der Waals surface area contributed by atoms with Gasteiger partial charge < -0.3 is 10.1 Å². The van der Waals surface area contributed by atoms with Crippen molar-refractivity contribution in [3.05, 3.63) is 0 Å². The van der Waals surface area contributed by atoms with Gasteiger partial charge in [-0.15, -0.1) is 0 Å². The first-order chi connectivity index (χ1) is 5.12. The molecule has 1 unspecified atom stereocenters. The first kappa shape index (κ1) is 7.43. The number of hydrogen-bond donors (Lipinski definition) is 1. The van der Waals surface area contributed by atoms with Crippen LogP contribution in [0.15, 0.2) is 0 Å². The Morgan fingerprint density at radius 3 is 2.36 bits per heavy atom. The van der Waals surface area contributed by atoms with Crippen molar-refractivity contribution in [1.82, 2.24) is 5.32 Å². The first-order valence-corrected chi connectivity index (χ1v) is 3.85. The Morgan fingerprint density at radius 1 is 1.27 bits per heavy atom. The molecule has 64 valence electrons. The van der Waals surface area contributed by atoms with E-state index in [9.17, 15) is 8.78 Å². The minimum absolute atomic E-state index is 0.104. The lowest BCUT2D eigenvalue weighted by Crippen LogP contribution is -2.60. The second-order valence-electron chi connectivity index (χ2n) is 3.42. The van der Waals surface area contributed by atoms with Gasteiger partial charge in [0.25, 0.3) is 5.92 Å². The molecule has 1 spiro atoms. The van der Waals surface area contributed by atoms with Crippen LogP contribution >= 0.6 is 0 Å². The predicted molar refractivity (Wildman–Crippen MR) is 35.7 cm³/mol. The summed E-state index contributed by atoms with van der Waals surface area (Å²) in [5, 5.41) is 2.69. The highest BCUT2D eigenvalue weighted by atomic mass is 19.3. The summed E-state index contributed by atoms with van der Waals surface area (Å²) in [4.78, 5) is 0. The maximum absolute atomic E-state index is 12.8. The van der Waals surface area contributed by atoms with E-state index in [0.29, 0.717) is 13.2 Å². The Hall–Kier alpha value is -0.220. The van der Waals surface area contributed by atoms with Gasteiger partial charge in [0, 0.05) is 19.4 Å². The molecule has 0 saturated carbocycles. The van der Waals surface area contributed by atoms with Crippen molar-refractivity contribution in [1.29, 1.82) is 0 Å². The second-order valence-corrected chi connectivity index (χ2v) is 3.42. The first-order valence-electron chi connectivity index (χ1n) is 3.85. The molecule has 2 saturated heterocycles. The number of alkyl halides is 2. The molecule has 2 rings (SSSR count). The van der Waals surface area contributed by atoms with E-state index in [0.717, 1.165) is 6.42 Å². The molecule has 0 bridgehead atoms. The van der Waals surface area contributed by atoms with E-state index in [1.807, 2.05) is 0 Å². The average molecular weight is 163 g/mol. The van der Waals surface area contributed by atoms with E-state index in [1.54, 1.807) is 0 Å². The van der Waals surface area contributed by atoms with Crippen LogP contribution in [0, 0.1) is 0 Å². The molecule has 11 heavy (non-hydrogen) atoms. The molecule has 0 aromatic heterocycles. The third-order valence-electron chi connectivity index (χ3n) is 2.38. The maximum Gasteiger partial charge on any atom is 0.263 e. The van der Waals surface area contributed by atoms with E-state index in [2.05, 4.69) is 5.32 Å². The average Bonchev–Trinajstić information content (AvgIpc) is 1.82. The Labute approximate surface area is 63.9 Å². The summed E-state index contributed by atoms with van der Waals surface area (Å²) >= 11 is 0. The highest BCUT2D eigenvalue weighted by Gasteiger charge is 2.50. The van der Waals surface area contributed by atoms with Crippen molar-refractivity contribution >= 4 is 0 Å². The minimum atomic E-state index is -2.57. The predicted octanol–water partition coefficient (Wildman–Crippen LogP) is 0.774. The van der Waals surface area contributed by atoms with Crippen LogP contribution in [0.4, 0.5) is 8.78 Å². The van der Waals surface area contributed by atoms with Gasteiger partial charge in [-0.2, -0.15) is 0 Å². The number of ether oxygens (including phenoxy) is 1. The molecule has 2 fully saturated rings. The molecule has 2 aliphatic heterocycles. The van der Waals surface area contributed by atoms with Gasteiger partial charge in [0.05, 0.1) is 18.8 Å². The van der Waals surface area contributed by atoms with Crippen LogP contribution in [0.5, 0.6) is 0 Å². The van der Waals surface area contributed by atoms with Crippen LogP contribution < -0.4 is 5.32 Å². The Balaban J connectivity index is 2.03. The lowest BCUT2D eigenvalue weighted by atomic mass is 9.85. The molecule has 2 aliphatic rings. The smallest absolute Gasteiger partial charge is 0.263 e. The molecule has 2 heterocycles. The fraction of sp³-hybridized carbons (Fsp3) is 1.00. The summed E-state index contributed by atoms with van der Waals surface area (Å²) in [7, 11) is 0. The molecule has 0 aromatic rings. The fourth-order valence-corrected chi connectivity index (χ4v) is 1.74. The molecule has 1 atom stereocenters. The normalized spacial score (nSPS) is 42.0. The number of nitrogens with one attached hydrogen (secondary N) is 1. The van der Waals surface area contributed by atoms with Crippen molar-refractivity contribution in [2.75, 3.05) is 19.7 Å². The zero-order valence-corrected chi connectivity index (χ0v) is 6.20. The van der Waals surface area contributed by atoms with Crippen molar-refractivity contribution in [2.24, 2.45) is 0 Å². The topological polar surface area (TPSA) is 21.3 Å². The van der Waals surface area contributed by atoms with Crippen molar-refractivity contribution < 1.29 is 13.5 Å². The Kier molecular flexibility index (Phi) is 1.44. The van der Waals surface area contributed by atoms with Crippen molar-refractivity contribution in [2.45, 2.75) is 24.4 Å². The summed E-state index contributed by atoms with van der Waals surface area (Å²) in [5.41, 5.74) is -0.526. The number of halogens is 2. The second kappa shape index (κ2) is 2.14. The van der Waals surface area contributed by atoms with E-state index >= 15 is 0 Å². The summed E-state index contributed by atoms with van der Waals surface area (Å²) < 4.78 is 30.7. The number of rotatable bonds is 0. The summed E-state index contributed by atoms with van der Waals surface area (Å²) in [6.07, 6.45) is 0.669. The van der Waals surface area contributed by atoms with Gasteiger partial charge in [-0.1, -0.05) is 0 Å². The van der Waals surface area contributed by atoms with Crippen LogP contribution in [0.2, 0.25) is 0 Å². The maximum atomic E-state index is 12.8. The van der Waals surface area contributed by atoms with Crippen molar-refractivity contribution in [3.8, 4) is 0 Å². The van der Waals surface area contributed by atoms with Crippen molar-refractivity contribution in [3.63, 3.8) is 0 Å². The highest BCUT2D eigenvalue weighted by Crippen LogP contribution is 2.38. The van der Waals surface area contributed by atoms with Gasteiger partial charge in [-0.05, 0) is 0 Å². The van der Waals surface area contributed by atoms with Gasteiger partial charge in [0.15, 0.2) is 0 Å². The van der Waals surface area contributed by atoms with Crippen LogP contribution in [-0.2, 0) is 4.74 Å². The van der Waals surface area contributed by atoms with Crippen LogP contribution in [0.3, 0.4) is 0 Å². The zero-order chi connectivity index (χ0) is 7.95. The van der Waals surface area contributed by atoms with Gasteiger partial charge in [-0.25, -0.2) is 8.78 Å². The quantitative estimate of drug-likeness (QED) is 0.569. The standard InChI is InChI=1S/C7H11F2NO/c8-7(9)3-6(1-2-11-6)4-10-5-7/h10H,1-5H2. The largest absolute Gasteiger partial charge is 0.373 e. The minimum Gasteiger partial charge on any atom is -0.373 e. The summed E-state index contributed by atoms with van der Waals surface area (Å²) in [6, 6.07) is 0. The molecule has 0 aliphatic carbocycles. The van der Waals surface area contributed by atoms with Crippen LogP contribution in [0.1, 0.15) is 12.8 Å². The summed E-state index contributed by atoms with van der Waals surface area (Å²) in [6.45, 7) is 1.03. The number of hydrogen-bond acceptors (Lipinski definition) is 2. The van der Waals surface area contributed by atoms with Gasteiger partial charge >= 0.3 is 0 Å². The molecular weight excluding hydrogens is 152 g/mol. The molecule has 2 nitrogen and oxygen atoms in total. The molecule has 1 N–H and O–H groups in total.